The van der Waals surface area contributed by atoms with Gasteiger partial charge in [0, 0.05) is 21.0 Å². The first-order valence-electron chi connectivity index (χ1n) is 7.89. The van der Waals surface area contributed by atoms with Gasteiger partial charge in [0.05, 0.1) is 5.69 Å². The van der Waals surface area contributed by atoms with Crippen molar-refractivity contribution in [3.05, 3.63) is 69.8 Å². The van der Waals surface area contributed by atoms with Crippen molar-refractivity contribution in [2.75, 3.05) is 5.32 Å². The van der Waals surface area contributed by atoms with Gasteiger partial charge in [-0.2, -0.15) is 0 Å². The van der Waals surface area contributed by atoms with Crippen molar-refractivity contribution in [2.45, 2.75) is 19.8 Å². The summed E-state index contributed by atoms with van der Waals surface area (Å²) in [6, 6.07) is 12.9. The van der Waals surface area contributed by atoms with Gasteiger partial charge in [-0.3, -0.25) is 10.1 Å². The van der Waals surface area contributed by atoms with E-state index in [0.717, 1.165) is 29.0 Å². The van der Waals surface area contributed by atoms with Crippen molar-refractivity contribution in [3.63, 3.8) is 0 Å². The van der Waals surface area contributed by atoms with Crippen molar-refractivity contribution < 1.29 is 9.18 Å². The molecule has 0 fully saturated rings. The van der Waals surface area contributed by atoms with Crippen molar-refractivity contribution >= 4 is 34.0 Å². The zero-order valence-electron chi connectivity index (χ0n) is 13.6. The Morgan fingerprint density at radius 1 is 1.16 bits per heavy atom. The predicted octanol–water partition coefficient (Wildman–Crippen LogP) is 5.81. The molecular weight excluding hydrogens is 359 g/mol. The number of hydrogen-bond acceptors (Lipinski definition) is 3. The molecule has 0 saturated heterocycles. The number of carbonyl (C=O) groups excluding carboxylic acids is 1. The van der Waals surface area contributed by atoms with Crippen LogP contribution in [-0.2, 0) is 6.42 Å². The molecule has 1 heterocycles. The lowest BCUT2D eigenvalue weighted by molar-refractivity contribution is 0.102. The number of aryl methyl sites for hydroxylation is 1. The van der Waals surface area contributed by atoms with Gasteiger partial charge in [-0.1, -0.05) is 37.1 Å². The molecule has 25 heavy (non-hydrogen) atoms. The number of amides is 1. The van der Waals surface area contributed by atoms with Gasteiger partial charge in [-0.25, -0.2) is 9.37 Å². The van der Waals surface area contributed by atoms with Crippen LogP contribution in [0.25, 0.3) is 11.3 Å². The van der Waals surface area contributed by atoms with E-state index in [2.05, 4.69) is 17.2 Å². The van der Waals surface area contributed by atoms with E-state index in [-0.39, 0.29) is 11.7 Å². The van der Waals surface area contributed by atoms with Crippen LogP contribution >= 0.6 is 22.9 Å². The second kappa shape index (κ2) is 7.76. The average molecular weight is 375 g/mol. The van der Waals surface area contributed by atoms with Gasteiger partial charge in [0.25, 0.3) is 5.91 Å². The molecule has 0 aliphatic heterocycles. The first-order chi connectivity index (χ1) is 12.1. The molecule has 0 atom stereocenters. The molecule has 0 saturated carbocycles. The predicted molar refractivity (Wildman–Crippen MR) is 101 cm³/mol. The number of benzene rings is 2. The second-order valence-electron chi connectivity index (χ2n) is 5.51. The Kier molecular flexibility index (Phi) is 5.46. The SMILES string of the molecule is CCCc1sc(NC(=O)c2ccc(F)cc2)nc1-c1ccc(Cl)cc1. The van der Waals surface area contributed by atoms with E-state index >= 15 is 0 Å². The maximum atomic E-state index is 13.0. The Hall–Kier alpha value is -2.24. The molecule has 0 aliphatic carbocycles. The fourth-order valence-corrected chi connectivity index (χ4v) is 3.61. The molecule has 0 aliphatic rings. The Labute approximate surface area is 154 Å². The van der Waals surface area contributed by atoms with Crippen molar-refractivity contribution in [1.82, 2.24) is 4.98 Å². The summed E-state index contributed by atoms with van der Waals surface area (Å²) in [5.74, 6) is -0.680. The van der Waals surface area contributed by atoms with Crippen LogP contribution in [0.15, 0.2) is 48.5 Å². The molecule has 1 aromatic heterocycles. The lowest BCUT2D eigenvalue weighted by Gasteiger charge is -2.01. The van der Waals surface area contributed by atoms with E-state index in [1.54, 1.807) is 0 Å². The standard InChI is InChI=1S/C19H16ClFN2OS/c1-2-3-16-17(12-4-8-14(20)9-5-12)22-19(25-16)23-18(24)13-6-10-15(21)11-7-13/h4-11H,2-3H2,1H3,(H,22,23,24). The van der Waals surface area contributed by atoms with Gasteiger partial charge in [-0.05, 0) is 42.8 Å². The summed E-state index contributed by atoms with van der Waals surface area (Å²) in [5, 5.41) is 4.00. The van der Waals surface area contributed by atoms with Gasteiger partial charge in [0.15, 0.2) is 5.13 Å². The number of nitrogens with one attached hydrogen (secondary N) is 1. The summed E-state index contributed by atoms with van der Waals surface area (Å²) in [7, 11) is 0. The number of carbonyl (C=O) groups is 1. The fraction of sp³-hybridized carbons (Fsp3) is 0.158. The molecule has 3 aromatic rings. The number of nitrogens with zero attached hydrogens (tertiary/aromatic N) is 1. The normalized spacial score (nSPS) is 10.7. The molecule has 0 unspecified atom stereocenters. The van der Waals surface area contributed by atoms with E-state index in [0.29, 0.717) is 15.7 Å². The highest BCUT2D eigenvalue weighted by Gasteiger charge is 2.15. The smallest absolute Gasteiger partial charge is 0.257 e. The summed E-state index contributed by atoms with van der Waals surface area (Å²) in [6.45, 7) is 2.10. The molecule has 1 N–H and O–H groups in total. The first-order valence-corrected chi connectivity index (χ1v) is 9.09. The van der Waals surface area contributed by atoms with Crippen LogP contribution in [0.2, 0.25) is 5.02 Å². The second-order valence-corrected chi connectivity index (χ2v) is 7.03. The number of anilines is 1. The highest BCUT2D eigenvalue weighted by Crippen LogP contribution is 2.33. The van der Waals surface area contributed by atoms with Gasteiger partial charge in [-0.15, -0.1) is 11.3 Å². The van der Waals surface area contributed by atoms with Crippen molar-refractivity contribution in [1.29, 1.82) is 0 Å². The van der Waals surface area contributed by atoms with Crippen molar-refractivity contribution in [2.24, 2.45) is 0 Å². The topological polar surface area (TPSA) is 42.0 Å². The third-order valence-electron chi connectivity index (χ3n) is 3.62. The highest BCUT2D eigenvalue weighted by atomic mass is 35.5. The van der Waals surface area contributed by atoms with Crippen LogP contribution in [-0.4, -0.2) is 10.9 Å². The highest BCUT2D eigenvalue weighted by molar-refractivity contribution is 7.16. The van der Waals surface area contributed by atoms with E-state index < -0.39 is 0 Å². The Bertz CT molecular complexity index is 875. The van der Waals surface area contributed by atoms with Gasteiger partial charge < -0.3 is 0 Å². The Morgan fingerprint density at radius 2 is 1.84 bits per heavy atom. The number of hydrogen-bond donors (Lipinski definition) is 1. The molecular formula is C19H16ClFN2OS. The quantitative estimate of drug-likeness (QED) is 0.612. The molecule has 0 bridgehead atoms. The maximum Gasteiger partial charge on any atom is 0.257 e. The molecule has 3 rings (SSSR count). The summed E-state index contributed by atoms with van der Waals surface area (Å²) < 4.78 is 13.0. The average Bonchev–Trinajstić information content (AvgIpc) is 2.99. The minimum atomic E-state index is -0.374. The fourth-order valence-electron chi connectivity index (χ4n) is 2.41. The molecule has 6 heteroatoms. The lowest BCUT2D eigenvalue weighted by Crippen LogP contribution is -2.11. The summed E-state index contributed by atoms with van der Waals surface area (Å²) in [4.78, 5) is 18.0. The minimum absolute atomic E-state index is 0.306. The number of thiazole rings is 1. The molecule has 2 aromatic carbocycles. The molecule has 0 spiro atoms. The first kappa shape index (κ1) is 17.6. The van der Waals surface area contributed by atoms with Crippen LogP contribution in [0.5, 0.6) is 0 Å². The van der Waals surface area contributed by atoms with Gasteiger partial charge in [0.2, 0.25) is 0 Å². The molecule has 3 nitrogen and oxygen atoms in total. The molecule has 0 radical (unpaired) electrons. The van der Waals surface area contributed by atoms with Gasteiger partial charge >= 0.3 is 0 Å². The maximum absolute atomic E-state index is 13.0. The zero-order valence-corrected chi connectivity index (χ0v) is 15.1. The van der Waals surface area contributed by atoms with E-state index in [1.807, 2.05) is 24.3 Å². The zero-order chi connectivity index (χ0) is 17.8. The minimum Gasteiger partial charge on any atom is -0.298 e. The third-order valence-corrected chi connectivity index (χ3v) is 4.90. The van der Waals surface area contributed by atoms with Crippen molar-refractivity contribution in [3.8, 4) is 11.3 Å². The monoisotopic (exact) mass is 374 g/mol. The summed E-state index contributed by atoms with van der Waals surface area (Å²) in [5.41, 5.74) is 2.21. The number of halogens is 2. The summed E-state index contributed by atoms with van der Waals surface area (Å²) in [6.07, 6.45) is 1.86. The largest absolute Gasteiger partial charge is 0.298 e. The van der Waals surface area contributed by atoms with Gasteiger partial charge in [0.1, 0.15) is 5.82 Å². The van der Waals surface area contributed by atoms with Crippen LogP contribution in [0.4, 0.5) is 9.52 Å². The molecule has 1 amide bonds. The number of aromatic nitrogens is 1. The van der Waals surface area contributed by atoms with Crippen LogP contribution in [0, 0.1) is 5.82 Å². The molecule has 128 valence electrons. The van der Waals surface area contributed by atoms with Crippen LogP contribution < -0.4 is 5.32 Å². The van der Waals surface area contributed by atoms with Crippen LogP contribution in [0.1, 0.15) is 28.6 Å². The number of rotatable bonds is 5. The van der Waals surface area contributed by atoms with E-state index in [1.165, 1.54) is 35.6 Å². The third kappa shape index (κ3) is 4.24. The Balaban J connectivity index is 1.87. The van der Waals surface area contributed by atoms with E-state index in [4.69, 9.17) is 11.6 Å². The lowest BCUT2D eigenvalue weighted by atomic mass is 10.1. The van der Waals surface area contributed by atoms with Crippen LogP contribution in [0.3, 0.4) is 0 Å². The van der Waals surface area contributed by atoms with E-state index in [9.17, 15) is 9.18 Å². The summed E-state index contributed by atoms with van der Waals surface area (Å²) >= 11 is 7.41. The Morgan fingerprint density at radius 3 is 2.48 bits per heavy atom.